The van der Waals surface area contributed by atoms with Gasteiger partial charge in [0.2, 0.25) is 5.43 Å². The number of phenolic OH excluding ortho intramolecular Hbond substituents is 1. The lowest BCUT2D eigenvalue weighted by Crippen LogP contribution is -2.05. The van der Waals surface area contributed by atoms with Crippen molar-refractivity contribution in [1.82, 2.24) is 0 Å². The average Bonchev–Trinajstić information content (AvgIpc) is 2.72. The van der Waals surface area contributed by atoms with E-state index in [0.29, 0.717) is 22.7 Å². The zero-order valence-electron chi connectivity index (χ0n) is 15.4. The maximum atomic E-state index is 13.0. The van der Waals surface area contributed by atoms with Crippen LogP contribution in [0.15, 0.2) is 63.8 Å². The number of aromatic hydroxyl groups is 1. The fourth-order valence-electron chi connectivity index (χ4n) is 3.06. The molecule has 0 fully saturated rings. The van der Waals surface area contributed by atoms with Crippen LogP contribution in [0.3, 0.4) is 0 Å². The van der Waals surface area contributed by atoms with Gasteiger partial charge >= 0.3 is 0 Å². The standard InChI is InChI=1S/C22H18O6/c1-25-14-8-19(26-2)21-20(9-14)28-17-11-18(16(23)10-15(17)22(21)24)27-12-13-6-4-3-5-7-13/h3-11,23H,12H2,1-2H3. The van der Waals surface area contributed by atoms with Crippen LogP contribution >= 0.6 is 0 Å². The molecule has 0 radical (unpaired) electrons. The van der Waals surface area contributed by atoms with Crippen molar-refractivity contribution in [2.75, 3.05) is 14.2 Å². The average molecular weight is 378 g/mol. The first-order valence-corrected chi connectivity index (χ1v) is 8.63. The molecule has 28 heavy (non-hydrogen) atoms. The largest absolute Gasteiger partial charge is 0.504 e. The van der Waals surface area contributed by atoms with Gasteiger partial charge in [-0.1, -0.05) is 30.3 Å². The summed E-state index contributed by atoms with van der Waals surface area (Å²) < 4.78 is 22.2. The van der Waals surface area contributed by atoms with Crippen LogP contribution in [0.1, 0.15) is 5.56 Å². The maximum absolute atomic E-state index is 13.0. The second kappa shape index (κ2) is 7.15. The number of methoxy groups -OCH3 is 2. The summed E-state index contributed by atoms with van der Waals surface area (Å²) in [5, 5.41) is 10.9. The number of rotatable bonds is 5. The van der Waals surface area contributed by atoms with Crippen molar-refractivity contribution in [2.45, 2.75) is 6.61 Å². The Labute approximate surface area is 160 Å². The van der Waals surface area contributed by atoms with E-state index < -0.39 is 0 Å². The van der Waals surface area contributed by atoms with Crippen LogP contribution in [-0.2, 0) is 6.61 Å². The molecule has 0 unspecified atom stereocenters. The van der Waals surface area contributed by atoms with Gasteiger partial charge in [0.15, 0.2) is 11.5 Å². The van der Waals surface area contributed by atoms with Crippen molar-refractivity contribution in [3.8, 4) is 23.0 Å². The number of hydrogen-bond acceptors (Lipinski definition) is 6. The molecule has 6 heteroatoms. The van der Waals surface area contributed by atoms with E-state index in [9.17, 15) is 9.90 Å². The third-order valence-electron chi connectivity index (χ3n) is 4.49. The first-order chi connectivity index (χ1) is 13.6. The van der Waals surface area contributed by atoms with Crippen molar-refractivity contribution in [3.05, 3.63) is 70.4 Å². The highest BCUT2D eigenvalue weighted by molar-refractivity contribution is 5.95. The number of benzene rings is 3. The Morgan fingerprint density at radius 2 is 1.71 bits per heavy atom. The molecule has 0 aliphatic rings. The maximum Gasteiger partial charge on any atom is 0.204 e. The predicted octanol–water partition coefficient (Wildman–Crippen LogP) is 4.25. The topological polar surface area (TPSA) is 78.1 Å². The molecule has 1 N–H and O–H groups in total. The van der Waals surface area contributed by atoms with Gasteiger partial charge in [0.25, 0.3) is 0 Å². The lowest BCUT2D eigenvalue weighted by Gasteiger charge is -2.11. The molecule has 142 valence electrons. The van der Waals surface area contributed by atoms with E-state index in [0.717, 1.165) is 5.56 Å². The van der Waals surface area contributed by atoms with Gasteiger partial charge in [-0.3, -0.25) is 4.79 Å². The molecule has 4 aromatic rings. The molecule has 0 atom stereocenters. The molecule has 0 saturated heterocycles. The highest BCUT2D eigenvalue weighted by Crippen LogP contribution is 2.35. The van der Waals surface area contributed by atoms with Crippen LogP contribution in [0.2, 0.25) is 0 Å². The van der Waals surface area contributed by atoms with Crippen molar-refractivity contribution in [3.63, 3.8) is 0 Å². The van der Waals surface area contributed by atoms with Crippen molar-refractivity contribution < 1.29 is 23.7 Å². The molecule has 0 amide bonds. The van der Waals surface area contributed by atoms with E-state index in [1.165, 1.54) is 26.4 Å². The van der Waals surface area contributed by atoms with Gasteiger partial charge in [-0.25, -0.2) is 0 Å². The van der Waals surface area contributed by atoms with Crippen LogP contribution in [0.4, 0.5) is 0 Å². The summed E-state index contributed by atoms with van der Waals surface area (Å²) >= 11 is 0. The van der Waals surface area contributed by atoms with E-state index in [1.807, 2.05) is 30.3 Å². The molecular weight excluding hydrogens is 360 g/mol. The minimum absolute atomic E-state index is 0.137. The first-order valence-electron chi connectivity index (χ1n) is 8.63. The molecule has 6 nitrogen and oxygen atoms in total. The molecule has 1 aromatic heterocycles. The fourth-order valence-corrected chi connectivity index (χ4v) is 3.06. The fraction of sp³-hybridized carbons (Fsp3) is 0.136. The van der Waals surface area contributed by atoms with Crippen molar-refractivity contribution in [1.29, 1.82) is 0 Å². The molecule has 0 aliphatic heterocycles. The van der Waals surface area contributed by atoms with Gasteiger partial charge in [-0.2, -0.15) is 0 Å². The molecule has 0 spiro atoms. The monoisotopic (exact) mass is 378 g/mol. The minimum Gasteiger partial charge on any atom is -0.504 e. The number of fused-ring (bicyclic) bond motifs is 2. The van der Waals surface area contributed by atoms with Crippen LogP contribution in [0.5, 0.6) is 23.0 Å². The van der Waals surface area contributed by atoms with Crippen LogP contribution in [-0.4, -0.2) is 19.3 Å². The van der Waals surface area contributed by atoms with Gasteiger partial charge < -0.3 is 23.7 Å². The summed E-state index contributed by atoms with van der Waals surface area (Å²) in [6, 6.07) is 15.7. The van der Waals surface area contributed by atoms with Gasteiger partial charge in [-0.15, -0.1) is 0 Å². The molecule has 1 heterocycles. The Morgan fingerprint density at radius 3 is 2.43 bits per heavy atom. The van der Waals surface area contributed by atoms with Crippen molar-refractivity contribution >= 4 is 21.9 Å². The molecule has 0 saturated carbocycles. The highest BCUT2D eigenvalue weighted by Gasteiger charge is 2.17. The normalized spacial score (nSPS) is 10.9. The van der Waals surface area contributed by atoms with Gasteiger partial charge in [0.1, 0.15) is 34.7 Å². The number of phenols is 1. The lowest BCUT2D eigenvalue weighted by atomic mass is 10.1. The second-order valence-corrected chi connectivity index (χ2v) is 6.22. The number of ether oxygens (including phenoxy) is 3. The quantitative estimate of drug-likeness (QED) is 0.523. The second-order valence-electron chi connectivity index (χ2n) is 6.22. The van der Waals surface area contributed by atoms with Crippen molar-refractivity contribution in [2.24, 2.45) is 0 Å². The summed E-state index contributed by atoms with van der Waals surface area (Å²) in [4.78, 5) is 13.0. The predicted molar refractivity (Wildman–Crippen MR) is 106 cm³/mol. The van der Waals surface area contributed by atoms with E-state index in [2.05, 4.69) is 0 Å². The molecule has 0 bridgehead atoms. The van der Waals surface area contributed by atoms with Crippen LogP contribution in [0.25, 0.3) is 21.9 Å². The third-order valence-corrected chi connectivity index (χ3v) is 4.49. The van der Waals surface area contributed by atoms with Gasteiger partial charge in [-0.05, 0) is 11.6 Å². The molecule has 4 rings (SSSR count). The summed E-state index contributed by atoms with van der Waals surface area (Å²) in [5.41, 5.74) is 1.28. The van der Waals surface area contributed by atoms with Crippen LogP contribution < -0.4 is 19.6 Å². The van der Waals surface area contributed by atoms with Gasteiger partial charge in [0.05, 0.1) is 19.6 Å². The van der Waals surface area contributed by atoms with Gasteiger partial charge in [0, 0.05) is 18.2 Å². The number of hydrogen-bond donors (Lipinski definition) is 1. The minimum atomic E-state index is -0.305. The van der Waals surface area contributed by atoms with E-state index in [-0.39, 0.29) is 34.3 Å². The molecule has 0 aliphatic carbocycles. The van der Waals surface area contributed by atoms with Crippen LogP contribution in [0, 0.1) is 0 Å². The highest BCUT2D eigenvalue weighted by atomic mass is 16.5. The Hall–Kier alpha value is -3.67. The zero-order valence-corrected chi connectivity index (χ0v) is 15.4. The smallest absolute Gasteiger partial charge is 0.204 e. The lowest BCUT2D eigenvalue weighted by molar-refractivity contribution is 0.289. The third kappa shape index (κ3) is 3.09. The summed E-state index contributed by atoms with van der Waals surface area (Å²) in [5.74, 6) is 0.941. The van der Waals surface area contributed by atoms with E-state index in [4.69, 9.17) is 18.6 Å². The Bertz CT molecular complexity index is 1210. The molecule has 3 aromatic carbocycles. The zero-order chi connectivity index (χ0) is 19.7. The Balaban J connectivity index is 1.84. The molecular formula is C22H18O6. The summed E-state index contributed by atoms with van der Waals surface area (Å²) in [7, 11) is 2.99. The van der Waals surface area contributed by atoms with E-state index in [1.54, 1.807) is 12.1 Å². The SMILES string of the molecule is COc1cc(OC)c2c(=O)c3cc(O)c(OCc4ccccc4)cc3oc2c1. The Morgan fingerprint density at radius 1 is 0.929 bits per heavy atom. The Kier molecular flexibility index (Phi) is 4.53. The first kappa shape index (κ1) is 17.7. The summed E-state index contributed by atoms with van der Waals surface area (Å²) in [6.45, 7) is 0.277. The van der Waals surface area contributed by atoms with E-state index >= 15 is 0 Å². The summed E-state index contributed by atoms with van der Waals surface area (Å²) in [6.07, 6.45) is 0.